The first kappa shape index (κ1) is 23.8. The van der Waals surface area contributed by atoms with Crippen LogP contribution in [0, 0.1) is 11.7 Å². The lowest BCUT2D eigenvalue weighted by Crippen LogP contribution is -2.44. The van der Waals surface area contributed by atoms with Gasteiger partial charge in [-0.3, -0.25) is 4.79 Å². The number of ether oxygens (including phenoxy) is 1. The third kappa shape index (κ3) is 5.68. The predicted molar refractivity (Wildman–Crippen MR) is 117 cm³/mol. The Balaban J connectivity index is 1.53. The topological polar surface area (TPSA) is 66.9 Å². The zero-order valence-corrected chi connectivity index (χ0v) is 19.3. The number of rotatable bonds is 7. The monoisotopic (exact) mass is 488 g/mol. The van der Waals surface area contributed by atoms with E-state index in [4.69, 9.17) is 27.9 Å². The van der Waals surface area contributed by atoms with E-state index in [-0.39, 0.29) is 52.2 Å². The zero-order chi connectivity index (χ0) is 22.6. The fourth-order valence-electron chi connectivity index (χ4n) is 3.43. The van der Waals surface area contributed by atoms with Crippen LogP contribution in [0.2, 0.25) is 10.0 Å². The minimum absolute atomic E-state index is 0.0335. The molecule has 0 atom stereocenters. The van der Waals surface area contributed by atoms with E-state index < -0.39 is 15.8 Å². The Hall–Kier alpha value is -1.87. The van der Waals surface area contributed by atoms with Crippen molar-refractivity contribution in [2.45, 2.75) is 17.7 Å². The molecule has 1 heterocycles. The average Bonchev–Trinajstić information content (AvgIpc) is 2.76. The van der Waals surface area contributed by atoms with Crippen LogP contribution < -0.4 is 4.74 Å². The van der Waals surface area contributed by atoms with Crippen molar-refractivity contribution in [3.05, 3.63) is 58.3 Å². The molecule has 0 saturated carbocycles. The van der Waals surface area contributed by atoms with E-state index >= 15 is 0 Å². The molecule has 168 valence electrons. The Morgan fingerprint density at radius 3 is 2.55 bits per heavy atom. The van der Waals surface area contributed by atoms with Crippen LogP contribution >= 0.6 is 23.2 Å². The standard InChI is InChI=1S/C21H23Cl2FN2O4S/c1-25(12-13-30-19-5-3-2-4-18(19)24)21(27)15-8-10-26(11-9-15)31(28,29)20-14-16(22)6-7-17(20)23/h2-7,14-15H,8-13H2,1H3. The summed E-state index contributed by atoms with van der Waals surface area (Å²) in [6, 6.07) is 10.4. The third-order valence-corrected chi connectivity index (χ3v) is 7.83. The lowest BCUT2D eigenvalue weighted by molar-refractivity contribution is -0.135. The Morgan fingerprint density at radius 1 is 1.19 bits per heavy atom. The van der Waals surface area contributed by atoms with Gasteiger partial charge in [0.15, 0.2) is 11.6 Å². The predicted octanol–water partition coefficient (Wildman–Crippen LogP) is 4.07. The van der Waals surface area contributed by atoms with E-state index in [0.717, 1.165) is 0 Å². The molecule has 0 unspecified atom stereocenters. The molecular formula is C21H23Cl2FN2O4S. The second-order valence-electron chi connectivity index (χ2n) is 7.29. The fraction of sp³-hybridized carbons (Fsp3) is 0.381. The van der Waals surface area contributed by atoms with Crippen molar-refractivity contribution in [1.29, 1.82) is 0 Å². The van der Waals surface area contributed by atoms with Gasteiger partial charge in [0.05, 0.1) is 11.6 Å². The van der Waals surface area contributed by atoms with Crippen LogP contribution in [0.1, 0.15) is 12.8 Å². The summed E-state index contributed by atoms with van der Waals surface area (Å²) in [6.07, 6.45) is 0.795. The SMILES string of the molecule is CN(CCOc1ccccc1F)C(=O)C1CCN(S(=O)(=O)c2cc(Cl)ccc2Cl)CC1. The Kier molecular flexibility index (Phi) is 7.80. The number of carbonyl (C=O) groups excluding carboxylic acids is 1. The molecule has 0 spiro atoms. The second-order valence-corrected chi connectivity index (χ2v) is 10.0. The van der Waals surface area contributed by atoms with Gasteiger partial charge in [-0.05, 0) is 43.2 Å². The first-order valence-electron chi connectivity index (χ1n) is 9.77. The lowest BCUT2D eigenvalue weighted by Gasteiger charge is -2.32. The van der Waals surface area contributed by atoms with Crippen LogP contribution in [0.15, 0.2) is 47.4 Å². The van der Waals surface area contributed by atoms with Crippen LogP contribution in [0.25, 0.3) is 0 Å². The quantitative estimate of drug-likeness (QED) is 0.588. The van der Waals surface area contributed by atoms with Gasteiger partial charge in [-0.1, -0.05) is 35.3 Å². The number of sulfonamides is 1. The van der Waals surface area contributed by atoms with Crippen LogP contribution in [-0.4, -0.2) is 56.8 Å². The smallest absolute Gasteiger partial charge is 0.244 e. The van der Waals surface area contributed by atoms with Gasteiger partial charge in [0.25, 0.3) is 0 Å². The van der Waals surface area contributed by atoms with Crippen molar-refractivity contribution >= 4 is 39.1 Å². The maximum atomic E-state index is 13.6. The van der Waals surface area contributed by atoms with Crippen LogP contribution in [0.5, 0.6) is 5.75 Å². The summed E-state index contributed by atoms with van der Waals surface area (Å²) in [5.41, 5.74) is 0. The first-order valence-corrected chi connectivity index (χ1v) is 12.0. The van der Waals surface area contributed by atoms with Gasteiger partial charge in [-0.15, -0.1) is 0 Å². The van der Waals surface area contributed by atoms with E-state index in [9.17, 15) is 17.6 Å². The van der Waals surface area contributed by atoms with Crippen molar-refractivity contribution in [1.82, 2.24) is 9.21 Å². The Morgan fingerprint density at radius 2 is 1.87 bits per heavy atom. The highest BCUT2D eigenvalue weighted by atomic mass is 35.5. The fourth-order valence-corrected chi connectivity index (χ4v) is 5.64. The number of piperidine rings is 1. The minimum atomic E-state index is -3.80. The van der Waals surface area contributed by atoms with Crippen molar-refractivity contribution in [2.24, 2.45) is 5.92 Å². The molecule has 0 bridgehead atoms. The molecule has 1 aliphatic rings. The number of benzene rings is 2. The van der Waals surface area contributed by atoms with Gasteiger partial charge in [0, 0.05) is 31.1 Å². The van der Waals surface area contributed by atoms with Gasteiger partial charge in [0.2, 0.25) is 15.9 Å². The maximum Gasteiger partial charge on any atom is 0.244 e. The number of carbonyl (C=O) groups is 1. The number of hydrogen-bond acceptors (Lipinski definition) is 4. The number of halogens is 3. The molecule has 3 rings (SSSR count). The van der Waals surface area contributed by atoms with E-state index in [2.05, 4.69) is 0 Å². The molecule has 1 aliphatic heterocycles. The minimum Gasteiger partial charge on any atom is -0.489 e. The van der Waals surface area contributed by atoms with Gasteiger partial charge in [-0.2, -0.15) is 4.31 Å². The van der Waals surface area contributed by atoms with Crippen LogP contribution in [-0.2, 0) is 14.8 Å². The molecule has 6 nitrogen and oxygen atoms in total. The highest BCUT2D eigenvalue weighted by Crippen LogP contribution is 2.30. The number of hydrogen-bond donors (Lipinski definition) is 0. The van der Waals surface area contributed by atoms with Crippen molar-refractivity contribution in [3.63, 3.8) is 0 Å². The third-order valence-electron chi connectivity index (χ3n) is 5.21. The first-order chi connectivity index (χ1) is 14.7. The van der Waals surface area contributed by atoms with Crippen LogP contribution in [0.4, 0.5) is 4.39 Å². The summed E-state index contributed by atoms with van der Waals surface area (Å²) in [4.78, 5) is 14.2. The molecule has 31 heavy (non-hydrogen) atoms. The molecule has 2 aromatic carbocycles. The number of para-hydroxylation sites is 1. The number of likely N-dealkylation sites (N-methyl/N-ethyl adjacent to an activating group) is 1. The molecule has 1 saturated heterocycles. The highest BCUT2D eigenvalue weighted by molar-refractivity contribution is 7.89. The molecule has 0 aromatic heterocycles. The molecule has 0 aliphatic carbocycles. The van der Waals surface area contributed by atoms with Crippen molar-refractivity contribution < 1.29 is 22.3 Å². The Bertz CT molecular complexity index is 1040. The average molecular weight is 489 g/mol. The van der Waals surface area contributed by atoms with E-state index in [1.165, 1.54) is 39.5 Å². The molecule has 0 N–H and O–H groups in total. The maximum absolute atomic E-state index is 13.6. The van der Waals surface area contributed by atoms with E-state index in [1.54, 1.807) is 19.2 Å². The van der Waals surface area contributed by atoms with Gasteiger partial charge in [-0.25, -0.2) is 12.8 Å². The Labute approximate surface area is 191 Å². The normalized spacial score (nSPS) is 15.6. The summed E-state index contributed by atoms with van der Waals surface area (Å²) >= 11 is 12.0. The highest BCUT2D eigenvalue weighted by Gasteiger charge is 2.34. The lowest BCUT2D eigenvalue weighted by atomic mass is 9.97. The van der Waals surface area contributed by atoms with Gasteiger partial charge < -0.3 is 9.64 Å². The summed E-state index contributed by atoms with van der Waals surface area (Å²) in [5, 5.41) is 0.393. The summed E-state index contributed by atoms with van der Waals surface area (Å²) in [7, 11) is -2.14. The molecule has 1 fully saturated rings. The molecule has 10 heteroatoms. The molecule has 0 radical (unpaired) electrons. The van der Waals surface area contributed by atoms with E-state index in [0.29, 0.717) is 19.4 Å². The zero-order valence-electron chi connectivity index (χ0n) is 16.9. The molecular weight excluding hydrogens is 466 g/mol. The van der Waals surface area contributed by atoms with Gasteiger partial charge in [0.1, 0.15) is 11.5 Å². The number of nitrogens with zero attached hydrogens (tertiary/aromatic N) is 2. The van der Waals surface area contributed by atoms with Crippen molar-refractivity contribution in [2.75, 3.05) is 33.3 Å². The van der Waals surface area contributed by atoms with Crippen molar-refractivity contribution in [3.8, 4) is 5.75 Å². The summed E-state index contributed by atoms with van der Waals surface area (Å²) in [6.45, 7) is 0.871. The second kappa shape index (κ2) is 10.2. The van der Waals surface area contributed by atoms with Gasteiger partial charge >= 0.3 is 0 Å². The van der Waals surface area contributed by atoms with E-state index in [1.807, 2.05) is 0 Å². The molecule has 2 aromatic rings. The molecule has 1 amide bonds. The van der Waals surface area contributed by atoms with Crippen LogP contribution in [0.3, 0.4) is 0 Å². The largest absolute Gasteiger partial charge is 0.489 e. The summed E-state index contributed by atoms with van der Waals surface area (Å²) < 4.78 is 46.1. The number of amides is 1. The summed E-state index contributed by atoms with van der Waals surface area (Å²) in [5.74, 6) is -0.693.